The fraction of sp³-hybridized carbons (Fsp3) is 0.214. The first kappa shape index (κ1) is 11.9. The Morgan fingerprint density at radius 1 is 1.24 bits per heavy atom. The molecule has 0 atom stereocenters. The predicted octanol–water partition coefficient (Wildman–Crippen LogP) is 3.62. The summed E-state index contributed by atoms with van der Waals surface area (Å²) in [5.41, 5.74) is 4.04. The van der Waals surface area contributed by atoms with Gasteiger partial charge in [0.25, 0.3) is 0 Å². The van der Waals surface area contributed by atoms with Crippen molar-refractivity contribution < 1.29 is 4.79 Å². The molecule has 3 heteroatoms. The zero-order chi connectivity index (χ0) is 12.4. The number of rotatable bonds is 3. The van der Waals surface area contributed by atoms with Crippen molar-refractivity contribution in [3.8, 4) is 0 Å². The van der Waals surface area contributed by atoms with E-state index in [-0.39, 0.29) is 0 Å². The third-order valence-corrected chi connectivity index (χ3v) is 3.25. The number of aromatic nitrogens is 1. The molecule has 2 nitrogen and oxygen atoms in total. The van der Waals surface area contributed by atoms with Gasteiger partial charge in [-0.3, -0.25) is 4.79 Å². The second kappa shape index (κ2) is 4.76. The second-order valence-electron chi connectivity index (χ2n) is 4.16. The van der Waals surface area contributed by atoms with Crippen molar-refractivity contribution in [1.29, 1.82) is 0 Å². The number of hydrogen-bond donors (Lipinski definition) is 0. The molecule has 0 saturated heterocycles. The molecule has 0 N–H and O–H groups in total. The van der Waals surface area contributed by atoms with Crippen LogP contribution in [0.1, 0.15) is 27.3 Å². The van der Waals surface area contributed by atoms with E-state index >= 15 is 0 Å². The standard InChI is InChI=1S/C14H14ClNO/c1-10-7-13(9-17)11(2)16(10)8-12-3-5-14(15)6-4-12/h3-7,9H,8H2,1-2H3. The minimum Gasteiger partial charge on any atom is -0.344 e. The van der Waals surface area contributed by atoms with Crippen LogP contribution in [-0.4, -0.2) is 10.9 Å². The number of aryl methyl sites for hydroxylation is 1. The van der Waals surface area contributed by atoms with Crippen molar-refractivity contribution in [1.82, 2.24) is 4.57 Å². The van der Waals surface area contributed by atoms with Crippen LogP contribution in [0, 0.1) is 13.8 Å². The Kier molecular flexibility index (Phi) is 3.34. The average molecular weight is 248 g/mol. The molecule has 0 fully saturated rings. The minimum absolute atomic E-state index is 0.739. The summed E-state index contributed by atoms with van der Waals surface area (Å²) in [6.45, 7) is 4.74. The molecule has 2 rings (SSSR count). The molecule has 0 saturated carbocycles. The lowest BCUT2D eigenvalue weighted by Crippen LogP contribution is -2.04. The molecule has 0 radical (unpaired) electrons. The molecule has 2 aromatic rings. The van der Waals surface area contributed by atoms with Crippen LogP contribution in [0.3, 0.4) is 0 Å². The largest absolute Gasteiger partial charge is 0.344 e. The smallest absolute Gasteiger partial charge is 0.151 e. The zero-order valence-electron chi connectivity index (χ0n) is 9.90. The van der Waals surface area contributed by atoms with Crippen LogP contribution in [0.25, 0.3) is 0 Å². The van der Waals surface area contributed by atoms with Crippen molar-refractivity contribution in [3.05, 3.63) is 57.9 Å². The number of nitrogens with zero attached hydrogens (tertiary/aromatic N) is 1. The number of aldehydes is 1. The van der Waals surface area contributed by atoms with Gasteiger partial charge in [-0.25, -0.2) is 0 Å². The van der Waals surface area contributed by atoms with Gasteiger partial charge < -0.3 is 4.57 Å². The monoisotopic (exact) mass is 247 g/mol. The maximum atomic E-state index is 10.9. The fourth-order valence-corrected chi connectivity index (χ4v) is 2.09. The van der Waals surface area contributed by atoms with Crippen LogP contribution >= 0.6 is 11.6 Å². The molecular weight excluding hydrogens is 234 g/mol. The number of benzene rings is 1. The van der Waals surface area contributed by atoms with Crippen LogP contribution in [0.4, 0.5) is 0 Å². The highest BCUT2D eigenvalue weighted by Gasteiger charge is 2.08. The lowest BCUT2D eigenvalue weighted by Gasteiger charge is -2.09. The zero-order valence-corrected chi connectivity index (χ0v) is 10.7. The lowest BCUT2D eigenvalue weighted by molar-refractivity contribution is 0.112. The van der Waals surface area contributed by atoms with Crippen LogP contribution in [0.5, 0.6) is 0 Å². The summed E-state index contributed by atoms with van der Waals surface area (Å²) in [5, 5.41) is 0.739. The van der Waals surface area contributed by atoms with E-state index in [2.05, 4.69) is 4.57 Å². The third kappa shape index (κ3) is 2.42. The number of hydrogen-bond acceptors (Lipinski definition) is 1. The van der Waals surface area contributed by atoms with Gasteiger partial charge in [0.05, 0.1) is 0 Å². The van der Waals surface area contributed by atoms with E-state index in [1.165, 1.54) is 5.56 Å². The quantitative estimate of drug-likeness (QED) is 0.760. The summed E-state index contributed by atoms with van der Waals surface area (Å²) in [5.74, 6) is 0. The summed E-state index contributed by atoms with van der Waals surface area (Å²) in [4.78, 5) is 10.9. The maximum Gasteiger partial charge on any atom is 0.151 e. The number of halogens is 1. The Balaban J connectivity index is 2.32. The van der Waals surface area contributed by atoms with Gasteiger partial charge in [0.2, 0.25) is 0 Å². The van der Waals surface area contributed by atoms with Crippen LogP contribution < -0.4 is 0 Å². The van der Waals surface area contributed by atoms with E-state index < -0.39 is 0 Å². The van der Waals surface area contributed by atoms with Gasteiger partial charge >= 0.3 is 0 Å². The minimum atomic E-state index is 0.739. The fourth-order valence-electron chi connectivity index (χ4n) is 1.96. The molecule has 1 heterocycles. The predicted molar refractivity (Wildman–Crippen MR) is 69.8 cm³/mol. The second-order valence-corrected chi connectivity index (χ2v) is 4.59. The number of carbonyl (C=O) groups excluding carboxylic acids is 1. The molecule has 1 aromatic heterocycles. The Labute approximate surface area is 106 Å². The first-order chi connectivity index (χ1) is 8.11. The Morgan fingerprint density at radius 2 is 1.88 bits per heavy atom. The molecule has 0 aliphatic carbocycles. The van der Waals surface area contributed by atoms with Gasteiger partial charge in [-0.15, -0.1) is 0 Å². The van der Waals surface area contributed by atoms with Gasteiger partial charge in [0.15, 0.2) is 6.29 Å². The molecule has 17 heavy (non-hydrogen) atoms. The van der Waals surface area contributed by atoms with Gasteiger partial charge in [-0.1, -0.05) is 23.7 Å². The Morgan fingerprint density at radius 3 is 2.41 bits per heavy atom. The van der Waals surface area contributed by atoms with Crippen molar-refractivity contribution in [3.63, 3.8) is 0 Å². The first-order valence-corrected chi connectivity index (χ1v) is 5.86. The summed E-state index contributed by atoms with van der Waals surface area (Å²) in [6.07, 6.45) is 0.903. The van der Waals surface area contributed by atoms with E-state index in [1.807, 2.05) is 44.2 Å². The summed E-state index contributed by atoms with van der Waals surface area (Å²) < 4.78 is 2.13. The van der Waals surface area contributed by atoms with E-state index in [0.29, 0.717) is 0 Å². The van der Waals surface area contributed by atoms with Gasteiger partial charge in [-0.05, 0) is 37.6 Å². The lowest BCUT2D eigenvalue weighted by atomic mass is 10.2. The molecule has 0 unspecified atom stereocenters. The van der Waals surface area contributed by atoms with Crippen molar-refractivity contribution >= 4 is 17.9 Å². The van der Waals surface area contributed by atoms with Gasteiger partial charge in [-0.2, -0.15) is 0 Å². The normalized spacial score (nSPS) is 10.5. The molecule has 1 aromatic carbocycles. The molecular formula is C14H14ClNO. The van der Waals surface area contributed by atoms with Gasteiger partial charge in [0, 0.05) is 28.5 Å². The molecule has 0 aliphatic rings. The molecule has 0 bridgehead atoms. The van der Waals surface area contributed by atoms with Crippen LogP contribution in [0.2, 0.25) is 5.02 Å². The molecule has 88 valence electrons. The Bertz CT molecular complexity index is 540. The molecule has 0 amide bonds. The van der Waals surface area contributed by atoms with Crippen molar-refractivity contribution in [2.45, 2.75) is 20.4 Å². The average Bonchev–Trinajstić information content (AvgIpc) is 2.59. The molecule has 0 aliphatic heterocycles. The van der Waals surface area contributed by atoms with Crippen LogP contribution in [-0.2, 0) is 6.54 Å². The van der Waals surface area contributed by atoms with Gasteiger partial charge in [0.1, 0.15) is 0 Å². The SMILES string of the molecule is Cc1cc(C=O)c(C)n1Cc1ccc(Cl)cc1. The highest BCUT2D eigenvalue weighted by molar-refractivity contribution is 6.30. The van der Waals surface area contributed by atoms with Crippen molar-refractivity contribution in [2.75, 3.05) is 0 Å². The third-order valence-electron chi connectivity index (χ3n) is 2.99. The summed E-state index contributed by atoms with van der Waals surface area (Å²) in [7, 11) is 0. The van der Waals surface area contributed by atoms with Crippen LogP contribution in [0.15, 0.2) is 30.3 Å². The van der Waals surface area contributed by atoms with Crippen molar-refractivity contribution in [2.24, 2.45) is 0 Å². The number of carbonyl (C=O) groups is 1. The first-order valence-electron chi connectivity index (χ1n) is 5.48. The highest BCUT2D eigenvalue weighted by Crippen LogP contribution is 2.17. The maximum absolute atomic E-state index is 10.9. The summed E-state index contributed by atoms with van der Waals surface area (Å²) in [6, 6.07) is 9.68. The highest BCUT2D eigenvalue weighted by atomic mass is 35.5. The van der Waals surface area contributed by atoms with E-state index in [9.17, 15) is 4.79 Å². The van der Waals surface area contributed by atoms with E-state index in [0.717, 1.165) is 34.8 Å². The molecule has 0 spiro atoms. The van der Waals surface area contributed by atoms with E-state index in [1.54, 1.807) is 0 Å². The Hall–Kier alpha value is -1.54. The van der Waals surface area contributed by atoms with E-state index in [4.69, 9.17) is 11.6 Å². The topological polar surface area (TPSA) is 22.0 Å². The summed E-state index contributed by atoms with van der Waals surface area (Å²) >= 11 is 5.85.